The van der Waals surface area contributed by atoms with E-state index in [0.29, 0.717) is 25.0 Å². The number of likely N-dealkylation sites (tertiary alicyclic amines) is 1. The number of nitrogens with zero attached hydrogens (tertiary/aromatic N) is 2. The summed E-state index contributed by atoms with van der Waals surface area (Å²) in [5.41, 5.74) is -3.25. The zero-order valence-corrected chi connectivity index (χ0v) is 18.1. The molecule has 3 unspecified atom stereocenters. The minimum absolute atomic E-state index is 0.0438. The van der Waals surface area contributed by atoms with Crippen LogP contribution in [0.3, 0.4) is 0 Å². The largest absolute Gasteiger partial charge is 0.472 e. The highest BCUT2D eigenvalue weighted by Crippen LogP contribution is 2.44. The Kier molecular flexibility index (Phi) is 6.56. The summed E-state index contributed by atoms with van der Waals surface area (Å²) in [7, 11) is 0. The smallest absolute Gasteiger partial charge is 0.419 e. The Morgan fingerprint density at radius 2 is 1.82 bits per heavy atom. The number of hydrogen-bond donors (Lipinski definition) is 0. The van der Waals surface area contributed by atoms with Crippen molar-refractivity contribution in [1.82, 2.24) is 9.80 Å². The Hall–Kier alpha value is -2.01. The van der Waals surface area contributed by atoms with Crippen LogP contribution in [0.5, 0.6) is 5.75 Å². The molecule has 0 aliphatic carbocycles. The summed E-state index contributed by atoms with van der Waals surface area (Å²) in [4.78, 5) is 16.4. The van der Waals surface area contributed by atoms with E-state index >= 15 is 0 Å². The van der Waals surface area contributed by atoms with Crippen LogP contribution < -0.4 is 4.74 Å². The van der Waals surface area contributed by atoms with Crippen LogP contribution in [0.15, 0.2) is 12.1 Å². The third-order valence-electron chi connectivity index (χ3n) is 6.57. The summed E-state index contributed by atoms with van der Waals surface area (Å²) >= 11 is 0. The lowest BCUT2D eigenvalue weighted by Gasteiger charge is -2.41. The fourth-order valence-corrected chi connectivity index (χ4v) is 4.87. The van der Waals surface area contributed by atoms with Crippen LogP contribution in [-0.2, 0) is 28.4 Å². The maximum Gasteiger partial charge on any atom is 0.419 e. The second-order valence-corrected chi connectivity index (χ2v) is 9.11. The summed E-state index contributed by atoms with van der Waals surface area (Å²) in [6, 6.07) is 0.861. The van der Waals surface area contributed by atoms with Crippen LogP contribution in [-0.4, -0.2) is 54.3 Å². The van der Waals surface area contributed by atoms with Crippen molar-refractivity contribution < 1.29 is 40.6 Å². The van der Waals surface area contributed by atoms with Crippen molar-refractivity contribution >= 4 is 5.91 Å². The van der Waals surface area contributed by atoms with Crippen molar-refractivity contribution in [3.8, 4) is 5.75 Å². The van der Waals surface area contributed by atoms with E-state index in [0.717, 1.165) is 30.8 Å². The molecule has 1 aromatic carbocycles. The van der Waals surface area contributed by atoms with Gasteiger partial charge in [-0.05, 0) is 50.3 Å². The number of ether oxygens (including phenoxy) is 2. The molecule has 33 heavy (non-hydrogen) atoms. The quantitative estimate of drug-likeness (QED) is 0.577. The molecule has 4 rings (SSSR count). The van der Waals surface area contributed by atoms with Crippen molar-refractivity contribution in [1.29, 1.82) is 0 Å². The molecule has 0 N–H and O–H groups in total. The molecule has 0 bridgehead atoms. The van der Waals surface area contributed by atoms with Crippen LogP contribution >= 0.6 is 0 Å². The molecule has 3 aliphatic rings. The number of amides is 1. The molecule has 5 nitrogen and oxygen atoms in total. The molecule has 184 valence electrons. The lowest BCUT2D eigenvalue weighted by Crippen LogP contribution is -2.51. The molecule has 3 aliphatic heterocycles. The van der Waals surface area contributed by atoms with Crippen LogP contribution in [0.1, 0.15) is 49.3 Å². The van der Waals surface area contributed by atoms with Gasteiger partial charge in [-0.15, -0.1) is 0 Å². The molecule has 1 amide bonds. The van der Waals surface area contributed by atoms with Gasteiger partial charge in [0.25, 0.3) is 5.91 Å². The molecule has 0 radical (unpaired) electrons. The molecular formula is C22H26F6N2O3. The number of alkyl halides is 6. The predicted molar refractivity (Wildman–Crippen MR) is 105 cm³/mol. The van der Waals surface area contributed by atoms with Gasteiger partial charge in [0, 0.05) is 18.2 Å². The Morgan fingerprint density at radius 1 is 1.06 bits per heavy atom. The average Bonchev–Trinajstić information content (AvgIpc) is 2.76. The fourth-order valence-electron chi connectivity index (χ4n) is 4.87. The van der Waals surface area contributed by atoms with Gasteiger partial charge in [0.15, 0.2) is 6.73 Å². The number of hydrogen-bond acceptors (Lipinski definition) is 4. The molecule has 0 saturated carbocycles. The average molecular weight is 480 g/mol. The van der Waals surface area contributed by atoms with Crippen molar-refractivity contribution in [2.75, 3.05) is 26.4 Å². The van der Waals surface area contributed by atoms with E-state index in [4.69, 9.17) is 9.47 Å². The van der Waals surface area contributed by atoms with Crippen LogP contribution in [0.25, 0.3) is 0 Å². The second-order valence-electron chi connectivity index (χ2n) is 9.11. The minimum atomic E-state index is -5.02. The first-order valence-corrected chi connectivity index (χ1v) is 11.0. The first-order chi connectivity index (χ1) is 15.4. The van der Waals surface area contributed by atoms with Crippen LogP contribution in [0.2, 0.25) is 0 Å². The SMILES string of the molecule is CC1CCCN(C2CCC(C(=O)N3COc4c(cc(C(F)(F)F)cc4C(F)(F)F)C3)OC2)C1. The van der Waals surface area contributed by atoms with Gasteiger partial charge in [-0.25, -0.2) is 0 Å². The number of fused-ring (bicyclic) bond motifs is 1. The standard InChI is InChI=1S/C22H26F6N2O3/c1-13-3-2-6-29(9-13)16-4-5-18(32-11-16)20(31)30-10-14-7-15(21(23,24)25)8-17(22(26,27)28)19(14)33-12-30/h7-8,13,16,18H,2-6,9-12H2,1H3. The van der Waals surface area contributed by atoms with Gasteiger partial charge in [0.05, 0.1) is 24.3 Å². The highest BCUT2D eigenvalue weighted by atomic mass is 19.4. The van der Waals surface area contributed by atoms with Crippen LogP contribution in [0.4, 0.5) is 26.3 Å². The molecular weight excluding hydrogens is 454 g/mol. The van der Waals surface area contributed by atoms with E-state index in [1.807, 2.05) is 0 Å². The zero-order valence-electron chi connectivity index (χ0n) is 18.1. The number of rotatable bonds is 2. The van der Waals surface area contributed by atoms with E-state index < -0.39 is 54.5 Å². The monoisotopic (exact) mass is 480 g/mol. The number of carbonyl (C=O) groups excluding carboxylic acids is 1. The van der Waals surface area contributed by atoms with Gasteiger partial charge in [0.2, 0.25) is 0 Å². The Bertz CT molecular complexity index is 880. The molecule has 3 heterocycles. The summed E-state index contributed by atoms with van der Waals surface area (Å²) in [5.74, 6) is -0.549. The lowest BCUT2D eigenvalue weighted by atomic mass is 9.95. The second kappa shape index (κ2) is 8.98. The predicted octanol–water partition coefficient (Wildman–Crippen LogP) is 4.68. The van der Waals surface area contributed by atoms with Crippen molar-refractivity contribution in [3.63, 3.8) is 0 Å². The van der Waals surface area contributed by atoms with E-state index in [2.05, 4.69) is 11.8 Å². The van der Waals surface area contributed by atoms with Gasteiger partial charge in [-0.2, -0.15) is 26.3 Å². The summed E-state index contributed by atoms with van der Waals surface area (Å²) in [5, 5.41) is 0. The van der Waals surface area contributed by atoms with Gasteiger partial charge < -0.3 is 14.4 Å². The van der Waals surface area contributed by atoms with Gasteiger partial charge >= 0.3 is 12.4 Å². The Balaban J connectivity index is 1.45. The topological polar surface area (TPSA) is 42.0 Å². The first-order valence-electron chi connectivity index (χ1n) is 11.0. The van der Waals surface area contributed by atoms with Crippen molar-refractivity contribution in [2.45, 2.75) is 63.7 Å². The number of piperidine rings is 1. The maximum atomic E-state index is 13.4. The summed E-state index contributed by atoms with van der Waals surface area (Å²) in [6.07, 6.45) is -7.29. The van der Waals surface area contributed by atoms with E-state index in [1.165, 1.54) is 6.42 Å². The van der Waals surface area contributed by atoms with Gasteiger partial charge in [-0.3, -0.25) is 9.69 Å². The van der Waals surface area contributed by atoms with Gasteiger partial charge in [-0.1, -0.05) is 6.92 Å². The van der Waals surface area contributed by atoms with Crippen molar-refractivity contribution in [2.24, 2.45) is 5.92 Å². The molecule has 11 heteroatoms. The van der Waals surface area contributed by atoms with Crippen molar-refractivity contribution in [3.05, 3.63) is 28.8 Å². The molecule has 3 atom stereocenters. The summed E-state index contributed by atoms with van der Waals surface area (Å²) in [6.45, 7) is 3.64. The number of carbonyl (C=O) groups is 1. The highest BCUT2D eigenvalue weighted by molar-refractivity contribution is 5.81. The normalized spacial score (nSPS) is 27.1. The number of halogens is 6. The number of benzene rings is 1. The Labute approximate surface area is 187 Å². The molecule has 1 aromatic rings. The molecule has 0 aromatic heterocycles. The zero-order chi connectivity index (χ0) is 24.0. The fraction of sp³-hybridized carbons (Fsp3) is 0.682. The van der Waals surface area contributed by atoms with E-state index in [9.17, 15) is 31.1 Å². The molecule has 2 fully saturated rings. The third kappa shape index (κ3) is 5.24. The minimum Gasteiger partial charge on any atom is -0.472 e. The molecule has 2 saturated heterocycles. The Morgan fingerprint density at radius 3 is 2.42 bits per heavy atom. The third-order valence-corrected chi connectivity index (χ3v) is 6.57. The maximum absolute atomic E-state index is 13.4. The van der Waals surface area contributed by atoms with E-state index in [-0.39, 0.29) is 17.7 Å². The summed E-state index contributed by atoms with van der Waals surface area (Å²) < 4.78 is 90.5. The van der Waals surface area contributed by atoms with Gasteiger partial charge in [0.1, 0.15) is 11.9 Å². The highest BCUT2D eigenvalue weighted by Gasteiger charge is 2.43. The molecule has 0 spiro atoms. The first kappa shape index (κ1) is 24.1. The lowest BCUT2D eigenvalue weighted by molar-refractivity contribution is -0.155. The van der Waals surface area contributed by atoms with E-state index in [1.54, 1.807) is 0 Å². The van der Waals surface area contributed by atoms with Crippen LogP contribution in [0, 0.1) is 5.92 Å².